The zero-order valence-electron chi connectivity index (χ0n) is 18.2. The number of nitrogens with one attached hydrogen (secondary N) is 1. The van der Waals surface area contributed by atoms with Crippen molar-refractivity contribution < 1.29 is 14.7 Å². The lowest BCUT2D eigenvalue weighted by Crippen LogP contribution is -2.44. The molecule has 1 saturated heterocycles. The Hall–Kier alpha value is -2.62. The van der Waals surface area contributed by atoms with Crippen LogP contribution in [-0.2, 0) is 16.2 Å². The third kappa shape index (κ3) is 4.60. The van der Waals surface area contributed by atoms with Crippen molar-refractivity contribution in [2.75, 3.05) is 11.9 Å². The van der Waals surface area contributed by atoms with E-state index in [0.717, 1.165) is 21.8 Å². The van der Waals surface area contributed by atoms with Crippen LogP contribution in [0.25, 0.3) is 10.6 Å². The summed E-state index contributed by atoms with van der Waals surface area (Å²) >= 11 is 2.73. The number of aliphatic hydroxyl groups excluding tert-OH is 1. The number of hydrogen-bond acceptors (Lipinski definition) is 7. The summed E-state index contributed by atoms with van der Waals surface area (Å²) in [6.07, 6.45) is 0.584. The monoisotopic (exact) mass is 470 g/mol. The number of carbonyl (C=O) groups is 2. The first-order chi connectivity index (χ1) is 15.4. The fourth-order valence-electron chi connectivity index (χ4n) is 4.01. The van der Waals surface area contributed by atoms with E-state index in [0.29, 0.717) is 23.1 Å². The molecular weight excluding hydrogens is 444 g/mol. The van der Waals surface area contributed by atoms with Gasteiger partial charge in [-0.05, 0) is 18.9 Å². The molecule has 0 aliphatic carbocycles. The molecule has 0 saturated carbocycles. The van der Waals surface area contributed by atoms with Crippen molar-refractivity contribution in [3.05, 3.63) is 52.0 Å². The summed E-state index contributed by atoms with van der Waals surface area (Å²) in [5.41, 5.74) is 2.67. The second-order valence-corrected chi connectivity index (χ2v) is 10.2. The van der Waals surface area contributed by atoms with Gasteiger partial charge in [0.1, 0.15) is 11.0 Å². The predicted molar refractivity (Wildman–Crippen MR) is 127 cm³/mol. The summed E-state index contributed by atoms with van der Waals surface area (Å²) in [5, 5.41) is 15.2. The van der Waals surface area contributed by atoms with Gasteiger partial charge in [-0.1, -0.05) is 44.2 Å². The fraction of sp³-hybridized carbons (Fsp3) is 0.391. The van der Waals surface area contributed by atoms with Crippen LogP contribution in [0.5, 0.6) is 0 Å². The number of anilines is 1. The number of nitrogens with zero attached hydrogens (tertiary/aromatic N) is 3. The van der Waals surface area contributed by atoms with E-state index in [1.807, 2.05) is 56.5 Å². The van der Waals surface area contributed by atoms with Gasteiger partial charge in [0.2, 0.25) is 11.8 Å². The van der Waals surface area contributed by atoms with E-state index in [9.17, 15) is 14.7 Å². The summed E-state index contributed by atoms with van der Waals surface area (Å²) in [4.78, 5) is 37.5. The van der Waals surface area contributed by atoms with E-state index in [2.05, 4.69) is 15.3 Å². The van der Waals surface area contributed by atoms with Crippen LogP contribution in [0.4, 0.5) is 5.13 Å². The van der Waals surface area contributed by atoms with E-state index in [1.54, 1.807) is 4.90 Å². The number of rotatable bonds is 6. The first-order valence-electron chi connectivity index (χ1n) is 10.6. The average molecular weight is 471 g/mol. The second-order valence-electron chi connectivity index (χ2n) is 8.21. The molecule has 0 unspecified atom stereocenters. The standard InChI is InChI=1S/C23H26N4O3S2/c1-13(2)22(30)27-10-16(15-7-5-4-6-8-15)9-18(27)21(29)26-23-25-17(12-31-23)20-14(3)24-19(11-28)32-20/h4-8,12-13,16,18,28H,9-11H2,1-3H3,(H,25,26,29)/t16-,18+/m1/s1. The number of aliphatic hydroxyl groups is 1. The van der Waals surface area contributed by atoms with Gasteiger partial charge in [0.15, 0.2) is 5.13 Å². The van der Waals surface area contributed by atoms with E-state index < -0.39 is 6.04 Å². The van der Waals surface area contributed by atoms with Gasteiger partial charge in [-0.2, -0.15) is 0 Å². The Kier molecular flexibility index (Phi) is 6.68. The maximum atomic E-state index is 13.2. The second kappa shape index (κ2) is 9.48. The van der Waals surface area contributed by atoms with Crippen LogP contribution >= 0.6 is 22.7 Å². The highest BCUT2D eigenvalue weighted by molar-refractivity contribution is 7.17. The van der Waals surface area contributed by atoms with E-state index >= 15 is 0 Å². The molecule has 1 aliphatic rings. The van der Waals surface area contributed by atoms with Gasteiger partial charge in [0.25, 0.3) is 0 Å². The molecular formula is C23H26N4O3S2. The molecule has 168 valence electrons. The lowest BCUT2D eigenvalue weighted by molar-refractivity contribution is -0.139. The van der Waals surface area contributed by atoms with E-state index in [4.69, 9.17) is 0 Å². The molecule has 2 N–H and O–H groups in total. The van der Waals surface area contributed by atoms with Crippen LogP contribution in [0.15, 0.2) is 35.7 Å². The molecule has 2 amide bonds. The predicted octanol–water partition coefficient (Wildman–Crippen LogP) is 4.05. The van der Waals surface area contributed by atoms with Crippen molar-refractivity contribution in [1.82, 2.24) is 14.9 Å². The minimum absolute atomic E-state index is 0.0137. The van der Waals surface area contributed by atoms with E-state index in [1.165, 1.54) is 22.7 Å². The number of amides is 2. The van der Waals surface area contributed by atoms with Crippen LogP contribution < -0.4 is 5.32 Å². The summed E-state index contributed by atoms with van der Waals surface area (Å²) in [6.45, 7) is 6.02. The van der Waals surface area contributed by atoms with Gasteiger partial charge in [-0.3, -0.25) is 9.59 Å². The average Bonchev–Trinajstić information content (AvgIpc) is 3.51. The zero-order valence-corrected chi connectivity index (χ0v) is 19.9. The molecule has 3 aromatic rings. The van der Waals surface area contributed by atoms with Crippen molar-refractivity contribution in [3.8, 4) is 10.6 Å². The highest BCUT2D eigenvalue weighted by Crippen LogP contribution is 2.35. The van der Waals surface area contributed by atoms with Crippen molar-refractivity contribution in [2.45, 2.75) is 45.8 Å². The smallest absolute Gasteiger partial charge is 0.248 e. The Morgan fingerprint density at radius 2 is 2.00 bits per heavy atom. The van der Waals surface area contributed by atoms with Gasteiger partial charge in [-0.25, -0.2) is 9.97 Å². The maximum Gasteiger partial charge on any atom is 0.248 e. The van der Waals surface area contributed by atoms with Gasteiger partial charge in [-0.15, -0.1) is 22.7 Å². The molecule has 0 spiro atoms. The minimum atomic E-state index is -0.534. The van der Waals surface area contributed by atoms with Crippen LogP contribution in [0.1, 0.15) is 42.5 Å². The lowest BCUT2D eigenvalue weighted by Gasteiger charge is -2.25. The van der Waals surface area contributed by atoms with Crippen LogP contribution in [0, 0.1) is 12.8 Å². The quantitative estimate of drug-likeness (QED) is 0.567. The fourth-order valence-corrected chi connectivity index (χ4v) is 5.67. The molecule has 0 bridgehead atoms. The van der Waals surface area contributed by atoms with Crippen molar-refractivity contribution in [1.29, 1.82) is 0 Å². The van der Waals surface area contributed by atoms with Crippen LogP contribution in [0.3, 0.4) is 0 Å². The number of carbonyl (C=O) groups excluding carboxylic acids is 2. The Labute approximate surface area is 195 Å². The summed E-state index contributed by atoms with van der Waals surface area (Å²) < 4.78 is 0. The van der Waals surface area contributed by atoms with Crippen molar-refractivity contribution >= 4 is 39.6 Å². The van der Waals surface area contributed by atoms with Gasteiger partial charge < -0.3 is 15.3 Å². The largest absolute Gasteiger partial charge is 0.389 e. The van der Waals surface area contributed by atoms with Gasteiger partial charge in [0, 0.05) is 23.8 Å². The molecule has 1 aromatic carbocycles. The minimum Gasteiger partial charge on any atom is -0.389 e. The summed E-state index contributed by atoms with van der Waals surface area (Å²) in [6, 6.07) is 9.50. The number of likely N-dealkylation sites (tertiary alicyclic amines) is 1. The third-order valence-corrected chi connectivity index (χ3v) is 7.52. The van der Waals surface area contributed by atoms with E-state index in [-0.39, 0.29) is 30.3 Å². The molecule has 4 rings (SSSR count). The molecule has 3 heterocycles. The molecule has 9 heteroatoms. The number of aromatic nitrogens is 2. The Bertz CT molecular complexity index is 1110. The lowest BCUT2D eigenvalue weighted by atomic mass is 9.96. The Balaban J connectivity index is 1.52. The topological polar surface area (TPSA) is 95.4 Å². The molecule has 2 aromatic heterocycles. The molecule has 7 nitrogen and oxygen atoms in total. The van der Waals surface area contributed by atoms with Crippen molar-refractivity contribution in [2.24, 2.45) is 5.92 Å². The summed E-state index contributed by atoms with van der Waals surface area (Å²) in [7, 11) is 0. The number of aryl methyl sites for hydroxylation is 1. The molecule has 2 atom stereocenters. The summed E-state index contributed by atoms with van der Waals surface area (Å²) in [5.74, 6) is -0.282. The Morgan fingerprint density at radius 3 is 2.66 bits per heavy atom. The maximum absolute atomic E-state index is 13.2. The molecule has 0 radical (unpaired) electrons. The highest BCUT2D eigenvalue weighted by Gasteiger charge is 2.40. The number of benzene rings is 1. The third-order valence-electron chi connectivity index (χ3n) is 5.59. The molecule has 1 fully saturated rings. The van der Waals surface area contributed by atoms with Crippen molar-refractivity contribution in [3.63, 3.8) is 0 Å². The molecule has 1 aliphatic heterocycles. The first kappa shape index (κ1) is 22.6. The number of thiazole rings is 2. The first-order valence-corrected chi connectivity index (χ1v) is 12.3. The van der Waals surface area contributed by atoms with Gasteiger partial charge in [0.05, 0.1) is 22.9 Å². The van der Waals surface area contributed by atoms with Crippen LogP contribution in [0.2, 0.25) is 0 Å². The zero-order chi connectivity index (χ0) is 22.8. The number of hydrogen-bond donors (Lipinski definition) is 2. The normalized spacial score (nSPS) is 18.3. The van der Waals surface area contributed by atoms with Crippen LogP contribution in [-0.4, -0.2) is 44.4 Å². The SMILES string of the molecule is Cc1nc(CO)sc1-c1csc(NC(=O)[C@@H]2C[C@@H](c3ccccc3)CN2C(=O)C(C)C)n1. The highest BCUT2D eigenvalue weighted by atomic mass is 32.1. The Morgan fingerprint density at radius 1 is 1.25 bits per heavy atom. The van der Waals surface area contributed by atoms with Gasteiger partial charge >= 0.3 is 0 Å². The molecule has 32 heavy (non-hydrogen) atoms.